The van der Waals surface area contributed by atoms with E-state index in [-0.39, 0.29) is 5.91 Å². The summed E-state index contributed by atoms with van der Waals surface area (Å²) in [5.41, 5.74) is 0.619. The van der Waals surface area contributed by atoms with Gasteiger partial charge in [-0.05, 0) is 24.3 Å². The van der Waals surface area contributed by atoms with Crippen molar-refractivity contribution in [2.45, 2.75) is 24.0 Å². The van der Waals surface area contributed by atoms with Gasteiger partial charge in [0.1, 0.15) is 0 Å². The van der Waals surface area contributed by atoms with Crippen LogP contribution < -0.4 is 5.84 Å². The van der Waals surface area contributed by atoms with E-state index in [2.05, 4.69) is 13.8 Å². The van der Waals surface area contributed by atoms with Crippen LogP contribution in [-0.2, 0) is 0 Å². The van der Waals surface area contributed by atoms with Gasteiger partial charge in [-0.25, -0.2) is 5.84 Å². The molecule has 82 valence electrons. The number of rotatable bonds is 3. The van der Waals surface area contributed by atoms with Crippen LogP contribution in [0.25, 0.3) is 0 Å². The lowest BCUT2D eigenvalue weighted by molar-refractivity contribution is 0.0795. The zero-order valence-electron chi connectivity index (χ0n) is 9.23. The average Bonchev–Trinajstić information content (AvgIpc) is 2.17. The largest absolute Gasteiger partial charge is 0.280 e. The summed E-state index contributed by atoms with van der Waals surface area (Å²) in [5, 5.41) is 1.63. The van der Waals surface area contributed by atoms with Crippen molar-refractivity contribution in [1.82, 2.24) is 5.01 Å². The van der Waals surface area contributed by atoms with Gasteiger partial charge in [-0.15, -0.1) is 11.8 Å². The predicted octanol–water partition coefficient (Wildman–Crippen LogP) is 2.13. The van der Waals surface area contributed by atoms with E-state index in [4.69, 9.17) is 5.84 Å². The van der Waals surface area contributed by atoms with E-state index in [9.17, 15) is 4.79 Å². The number of hydrogen-bond donors (Lipinski definition) is 1. The Bertz CT molecular complexity index is 333. The Morgan fingerprint density at radius 2 is 1.87 bits per heavy atom. The Morgan fingerprint density at radius 1 is 1.33 bits per heavy atom. The fraction of sp³-hybridized carbons (Fsp3) is 0.364. The van der Waals surface area contributed by atoms with Gasteiger partial charge >= 0.3 is 0 Å². The molecular formula is C11H16N2OS. The molecule has 1 rings (SSSR count). The van der Waals surface area contributed by atoms with Crippen LogP contribution in [0.5, 0.6) is 0 Å². The lowest BCUT2D eigenvalue weighted by Crippen LogP contribution is -2.32. The van der Waals surface area contributed by atoms with Crippen molar-refractivity contribution < 1.29 is 4.79 Å². The highest BCUT2D eigenvalue weighted by molar-refractivity contribution is 7.99. The molecule has 0 heterocycles. The molecule has 0 aliphatic carbocycles. The Labute approximate surface area is 94.6 Å². The third-order valence-electron chi connectivity index (χ3n) is 1.79. The minimum atomic E-state index is -0.170. The number of hydrogen-bond acceptors (Lipinski definition) is 3. The highest BCUT2D eigenvalue weighted by Crippen LogP contribution is 2.22. The number of nitrogens with two attached hydrogens (primary N) is 1. The molecule has 0 spiro atoms. The second kappa shape index (κ2) is 5.19. The molecule has 2 N–H and O–H groups in total. The molecule has 0 unspecified atom stereocenters. The molecule has 0 radical (unpaired) electrons. The molecule has 0 bridgehead atoms. The summed E-state index contributed by atoms with van der Waals surface area (Å²) in [6.45, 7) is 4.27. The van der Waals surface area contributed by atoms with Crippen LogP contribution in [0.3, 0.4) is 0 Å². The minimum absolute atomic E-state index is 0.170. The molecule has 0 aliphatic rings. The molecule has 0 saturated carbocycles. The fourth-order valence-electron chi connectivity index (χ4n) is 1.15. The van der Waals surface area contributed by atoms with Crippen molar-refractivity contribution in [1.29, 1.82) is 0 Å². The van der Waals surface area contributed by atoms with Crippen LogP contribution >= 0.6 is 11.8 Å². The predicted molar refractivity (Wildman–Crippen MR) is 63.7 cm³/mol. The van der Waals surface area contributed by atoms with E-state index in [0.29, 0.717) is 10.8 Å². The average molecular weight is 224 g/mol. The van der Waals surface area contributed by atoms with E-state index < -0.39 is 0 Å². The molecule has 15 heavy (non-hydrogen) atoms. The van der Waals surface area contributed by atoms with Crippen molar-refractivity contribution in [3.05, 3.63) is 29.8 Å². The zero-order valence-corrected chi connectivity index (χ0v) is 10.0. The summed E-state index contributed by atoms with van der Waals surface area (Å²) in [4.78, 5) is 12.6. The van der Waals surface area contributed by atoms with Gasteiger partial charge in [0, 0.05) is 22.8 Å². The molecule has 4 heteroatoms. The second-order valence-corrected chi connectivity index (χ2v) is 5.26. The van der Waals surface area contributed by atoms with Crippen molar-refractivity contribution in [3.8, 4) is 0 Å². The van der Waals surface area contributed by atoms with Gasteiger partial charge < -0.3 is 0 Å². The summed E-state index contributed by atoms with van der Waals surface area (Å²) < 4.78 is 0. The molecule has 3 nitrogen and oxygen atoms in total. The molecule has 0 aromatic heterocycles. The van der Waals surface area contributed by atoms with Crippen molar-refractivity contribution >= 4 is 17.7 Å². The van der Waals surface area contributed by atoms with Gasteiger partial charge in [0.2, 0.25) is 0 Å². The third kappa shape index (κ3) is 3.57. The number of hydrazine groups is 1. The molecule has 1 aromatic rings. The maximum absolute atomic E-state index is 11.5. The third-order valence-corrected chi connectivity index (χ3v) is 2.81. The topological polar surface area (TPSA) is 46.3 Å². The number of carbonyl (C=O) groups excluding carboxylic acids is 1. The SMILES string of the molecule is CC(C)Sc1ccc(C(=O)N(C)N)cc1. The molecular weight excluding hydrogens is 208 g/mol. The summed E-state index contributed by atoms with van der Waals surface area (Å²) in [5.74, 6) is 5.20. The number of thioether (sulfide) groups is 1. The van der Waals surface area contributed by atoms with Crippen LogP contribution in [0.15, 0.2) is 29.2 Å². The lowest BCUT2D eigenvalue weighted by Gasteiger charge is -2.10. The van der Waals surface area contributed by atoms with Gasteiger partial charge in [0.25, 0.3) is 5.91 Å². The van der Waals surface area contributed by atoms with E-state index in [1.807, 2.05) is 12.1 Å². The minimum Gasteiger partial charge on any atom is -0.280 e. The number of carbonyl (C=O) groups is 1. The first-order chi connectivity index (χ1) is 7.00. The summed E-state index contributed by atoms with van der Waals surface area (Å²) in [6, 6.07) is 7.50. The Balaban J connectivity index is 2.76. The van der Waals surface area contributed by atoms with Crippen LogP contribution in [-0.4, -0.2) is 23.2 Å². The maximum atomic E-state index is 11.5. The first kappa shape index (κ1) is 12.1. The normalized spacial score (nSPS) is 10.5. The first-order valence-electron chi connectivity index (χ1n) is 4.80. The lowest BCUT2D eigenvalue weighted by atomic mass is 10.2. The second-order valence-electron chi connectivity index (χ2n) is 3.61. The standard InChI is InChI=1S/C11H16N2OS/c1-8(2)15-10-6-4-9(5-7-10)11(14)13(3)12/h4-8H,12H2,1-3H3. The van der Waals surface area contributed by atoms with Crippen LogP contribution in [0, 0.1) is 0 Å². The maximum Gasteiger partial charge on any atom is 0.267 e. The number of nitrogens with zero attached hydrogens (tertiary/aromatic N) is 1. The van der Waals surface area contributed by atoms with Gasteiger partial charge in [-0.3, -0.25) is 9.80 Å². The van der Waals surface area contributed by atoms with Gasteiger partial charge in [-0.1, -0.05) is 13.8 Å². The fourth-order valence-corrected chi connectivity index (χ4v) is 1.99. The molecule has 0 atom stereocenters. The summed E-state index contributed by atoms with van der Waals surface area (Å²) in [6.07, 6.45) is 0. The van der Waals surface area contributed by atoms with Gasteiger partial charge in [-0.2, -0.15) is 0 Å². The monoisotopic (exact) mass is 224 g/mol. The molecule has 0 aliphatic heterocycles. The molecule has 1 aromatic carbocycles. The van der Waals surface area contributed by atoms with Crippen LogP contribution in [0.4, 0.5) is 0 Å². The highest BCUT2D eigenvalue weighted by atomic mass is 32.2. The van der Waals surface area contributed by atoms with E-state index in [1.54, 1.807) is 30.9 Å². The van der Waals surface area contributed by atoms with E-state index in [0.717, 1.165) is 5.01 Å². The number of benzene rings is 1. The van der Waals surface area contributed by atoms with Crippen LogP contribution in [0.2, 0.25) is 0 Å². The quantitative estimate of drug-likeness (QED) is 0.370. The van der Waals surface area contributed by atoms with Crippen molar-refractivity contribution in [2.75, 3.05) is 7.05 Å². The molecule has 0 fully saturated rings. The Kier molecular flexibility index (Phi) is 4.17. The Morgan fingerprint density at radius 3 is 2.27 bits per heavy atom. The zero-order chi connectivity index (χ0) is 11.4. The van der Waals surface area contributed by atoms with E-state index >= 15 is 0 Å². The van der Waals surface area contributed by atoms with Gasteiger partial charge in [0.05, 0.1) is 0 Å². The molecule has 0 saturated heterocycles. The highest BCUT2D eigenvalue weighted by Gasteiger charge is 2.07. The van der Waals surface area contributed by atoms with Crippen molar-refractivity contribution in [2.24, 2.45) is 5.84 Å². The summed E-state index contributed by atoms with van der Waals surface area (Å²) in [7, 11) is 1.54. The van der Waals surface area contributed by atoms with E-state index in [1.165, 1.54) is 4.90 Å². The molecule has 1 amide bonds. The Hall–Kier alpha value is -1.00. The van der Waals surface area contributed by atoms with Crippen molar-refractivity contribution in [3.63, 3.8) is 0 Å². The first-order valence-corrected chi connectivity index (χ1v) is 5.68. The van der Waals surface area contributed by atoms with Gasteiger partial charge in [0.15, 0.2) is 0 Å². The van der Waals surface area contributed by atoms with Crippen LogP contribution in [0.1, 0.15) is 24.2 Å². The number of amides is 1. The smallest absolute Gasteiger partial charge is 0.267 e. The summed E-state index contributed by atoms with van der Waals surface area (Å²) >= 11 is 1.77.